The summed E-state index contributed by atoms with van der Waals surface area (Å²) in [6.45, 7) is 1.98. The van der Waals surface area contributed by atoms with Gasteiger partial charge in [-0.15, -0.1) is 0 Å². The Hall–Kier alpha value is -2.02. The zero-order valence-corrected chi connectivity index (χ0v) is 12.7. The SMILES string of the molecule is O=C1CCN(c2ccc3nccnc3c2Br)C2=NCCN12. The molecule has 1 fully saturated rings. The maximum absolute atomic E-state index is 11.9. The minimum absolute atomic E-state index is 0.152. The molecule has 3 heterocycles. The van der Waals surface area contributed by atoms with Crippen molar-refractivity contribution < 1.29 is 4.79 Å². The van der Waals surface area contributed by atoms with Crippen molar-refractivity contribution >= 4 is 44.5 Å². The van der Waals surface area contributed by atoms with Crippen LogP contribution in [0.1, 0.15) is 6.42 Å². The van der Waals surface area contributed by atoms with Gasteiger partial charge in [-0.3, -0.25) is 24.7 Å². The highest BCUT2D eigenvalue weighted by Gasteiger charge is 2.34. The molecule has 7 heteroatoms. The number of rotatable bonds is 1. The fourth-order valence-corrected chi connectivity index (χ4v) is 3.43. The topological polar surface area (TPSA) is 61.7 Å². The third-order valence-electron chi connectivity index (χ3n) is 3.76. The van der Waals surface area contributed by atoms with Crippen molar-refractivity contribution in [3.63, 3.8) is 0 Å². The lowest BCUT2D eigenvalue weighted by Gasteiger charge is -2.35. The summed E-state index contributed by atoms with van der Waals surface area (Å²) in [6, 6.07) is 3.94. The number of fused-ring (bicyclic) bond motifs is 2. The Morgan fingerprint density at radius 3 is 2.86 bits per heavy atom. The standard InChI is InChI=1S/C14H12BrN5O/c15-12-10(2-1-9-13(12)17-5-4-16-9)19-7-3-11(21)20-8-6-18-14(19)20/h1-2,4-5H,3,6-8H2. The van der Waals surface area contributed by atoms with E-state index in [1.807, 2.05) is 12.1 Å². The highest BCUT2D eigenvalue weighted by atomic mass is 79.9. The summed E-state index contributed by atoms with van der Waals surface area (Å²) in [6.07, 6.45) is 3.86. The average molecular weight is 346 g/mol. The molecule has 0 saturated carbocycles. The molecule has 0 aliphatic carbocycles. The number of benzene rings is 1. The van der Waals surface area contributed by atoms with Crippen LogP contribution in [-0.2, 0) is 4.79 Å². The fraction of sp³-hybridized carbons (Fsp3) is 0.286. The Labute approximate surface area is 129 Å². The van der Waals surface area contributed by atoms with Gasteiger partial charge in [0.2, 0.25) is 11.9 Å². The van der Waals surface area contributed by atoms with Crippen LogP contribution in [0.4, 0.5) is 5.69 Å². The Morgan fingerprint density at radius 2 is 1.95 bits per heavy atom. The smallest absolute Gasteiger partial charge is 0.231 e. The van der Waals surface area contributed by atoms with E-state index < -0.39 is 0 Å². The van der Waals surface area contributed by atoms with Crippen LogP contribution in [0, 0.1) is 0 Å². The van der Waals surface area contributed by atoms with E-state index in [0.717, 1.165) is 27.2 Å². The van der Waals surface area contributed by atoms with Gasteiger partial charge in [0.25, 0.3) is 0 Å². The van der Waals surface area contributed by atoms with E-state index in [1.165, 1.54) is 0 Å². The number of guanidine groups is 1. The van der Waals surface area contributed by atoms with Crippen LogP contribution in [-0.4, -0.2) is 46.4 Å². The predicted octanol–water partition coefficient (Wildman–Crippen LogP) is 1.80. The second-order valence-electron chi connectivity index (χ2n) is 4.95. The quantitative estimate of drug-likeness (QED) is 0.790. The summed E-state index contributed by atoms with van der Waals surface area (Å²) in [5.74, 6) is 0.898. The van der Waals surface area contributed by atoms with Gasteiger partial charge in [-0.05, 0) is 28.1 Å². The van der Waals surface area contributed by atoms with Crippen molar-refractivity contribution in [3.05, 3.63) is 29.0 Å². The number of hydrogen-bond donors (Lipinski definition) is 0. The summed E-state index contributed by atoms with van der Waals surface area (Å²) in [5, 5.41) is 0. The molecule has 2 aromatic rings. The molecule has 21 heavy (non-hydrogen) atoms. The van der Waals surface area contributed by atoms with Gasteiger partial charge in [-0.1, -0.05) is 0 Å². The van der Waals surface area contributed by atoms with Gasteiger partial charge in [0.05, 0.1) is 22.2 Å². The highest BCUT2D eigenvalue weighted by molar-refractivity contribution is 9.10. The van der Waals surface area contributed by atoms with Crippen molar-refractivity contribution in [3.8, 4) is 0 Å². The molecule has 2 aliphatic rings. The summed E-state index contributed by atoms with van der Waals surface area (Å²) < 4.78 is 0.886. The lowest BCUT2D eigenvalue weighted by atomic mass is 10.2. The normalized spacial score (nSPS) is 18.1. The van der Waals surface area contributed by atoms with Crippen LogP contribution in [0.3, 0.4) is 0 Å². The number of anilines is 1. The molecule has 6 nitrogen and oxygen atoms in total. The second kappa shape index (κ2) is 4.77. The highest BCUT2D eigenvalue weighted by Crippen LogP contribution is 2.34. The number of amides is 1. The molecule has 4 rings (SSSR count). The van der Waals surface area contributed by atoms with Gasteiger partial charge in [0, 0.05) is 31.9 Å². The largest absolute Gasteiger partial charge is 0.310 e. The van der Waals surface area contributed by atoms with Gasteiger partial charge in [0.15, 0.2) is 0 Å². The Balaban J connectivity index is 1.83. The van der Waals surface area contributed by atoms with E-state index in [0.29, 0.717) is 26.1 Å². The van der Waals surface area contributed by atoms with Crippen molar-refractivity contribution in [2.75, 3.05) is 24.5 Å². The van der Waals surface area contributed by atoms with Crippen LogP contribution in [0.5, 0.6) is 0 Å². The number of aromatic nitrogens is 2. The number of carbonyl (C=O) groups is 1. The van der Waals surface area contributed by atoms with Crippen LogP contribution < -0.4 is 4.90 Å². The molecule has 1 aromatic carbocycles. The number of halogens is 1. The predicted molar refractivity (Wildman–Crippen MR) is 83.2 cm³/mol. The van der Waals surface area contributed by atoms with E-state index in [2.05, 4.69) is 35.8 Å². The molecule has 1 amide bonds. The number of aliphatic imine (C=N–C) groups is 1. The summed E-state index contributed by atoms with van der Waals surface area (Å²) in [7, 11) is 0. The van der Waals surface area contributed by atoms with Crippen molar-refractivity contribution in [2.24, 2.45) is 4.99 Å². The van der Waals surface area contributed by atoms with Crippen LogP contribution in [0.15, 0.2) is 34.0 Å². The van der Waals surface area contributed by atoms with Crippen LogP contribution >= 0.6 is 15.9 Å². The fourth-order valence-electron chi connectivity index (χ4n) is 2.77. The van der Waals surface area contributed by atoms with E-state index in [-0.39, 0.29) is 5.91 Å². The maximum Gasteiger partial charge on any atom is 0.231 e. The Bertz CT molecular complexity index is 775. The lowest BCUT2D eigenvalue weighted by molar-refractivity contribution is -0.127. The van der Waals surface area contributed by atoms with Crippen LogP contribution in [0.2, 0.25) is 0 Å². The molecule has 106 valence electrons. The molecule has 0 spiro atoms. The molecule has 2 aliphatic heterocycles. The van der Waals surface area contributed by atoms with E-state index in [1.54, 1.807) is 17.3 Å². The molecule has 0 N–H and O–H groups in total. The zero-order valence-electron chi connectivity index (χ0n) is 11.2. The third kappa shape index (κ3) is 1.91. The second-order valence-corrected chi connectivity index (χ2v) is 5.74. The lowest BCUT2D eigenvalue weighted by Crippen LogP contribution is -2.51. The molecule has 0 radical (unpaired) electrons. The number of hydrogen-bond acceptors (Lipinski definition) is 5. The minimum Gasteiger partial charge on any atom is -0.310 e. The van der Waals surface area contributed by atoms with Gasteiger partial charge in [-0.25, -0.2) is 0 Å². The monoisotopic (exact) mass is 345 g/mol. The van der Waals surface area contributed by atoms with Crippen molar-refractivity contribution in [1.29, 1.82) is 0 Å². The van der Waals surface area contributed by atoms with Crippen molar-refractivity contribution in [1.82, 2.24) is 14.9 Å². The first-order chi connectivity index (χ1) is 10.3. The third-order valence-corrected chi connectivity index (χ3v) is 4.54. The first kappa shape index (κ1) is 12.7. The van der Waals surface area contributed by atoms with Crippen molar-refractivity contribution in [2.45, 2.75) is 6.42 Å². The molecular weight excluding hydrogens is 334 g/mol. The first-order valence-corrected chi connectivity index (χ1v) is 7.56. The molecule has 0 unspecified atom stereocenters. The van der Waals surface area contributed by atoms with Gasteiger partial charge < -0.3 is 4.90 Å². The number of nitrogens with zero attached hydrogens (tertiary/aromatic N) is 5. The summed E-state index contributed by atoms with van der Waals surface area (Å²) in [5.41, 5.74) is 2.63. The summed E-state index contributed by atoms with van der Waals surface area (Å²) in [4.78, 5) is 28.9. The van der Waals surface area contributed by atoms with E-state index >= 15 is 0 Å². The minimum atomic E-state index is 0.152. The van der Waals surface area contributed by atoms with Crippen LogP contribution in [0.25, 0.3) is 11.0 Å². The molecule has 0 bridgehead atoms. The first-order valence-electron chi connectivity index (χ1n) is 6.77. The summed E-state index contributed by atoms with van der Waals surface area (Å²) >= 11 is 3.63. The van der Waals surface area contributed by atoms with E-state index in [9.17, 15) is 4.79 Å². The Kier molecular flexibility index (Phi) is 2.88. The Morgan fingerprint density at radius 1 is 1.10 bits per heavy atom. The van der Waals surface area contributed by atoms with E-state index in [4.69, 9.17) is 0 Å². The molecular formula is C14H12BrN5O. The zero-order chi connectivity index (χ0) is 14.4. The molecule has 0 atom stereocenters. The molecule has 1 saturated heterocycles. The van der Waals surface area contributed by atoms with Gasteiger partial charge in [-0.2, -0.15) is 0 Å². The maximum atomic E-state index is 11.9. The number of carbonyl (C=O) groups excluding carboxylic acids is 1. The van der Waals surface area contributed by atoms with Gasteiger partial charge >= 0.3 is 0 Å². The molecule has 1 aromatic heterocycles. The average Bonchev–Trinajstić information content (AvgIpc) is 3.00. The van der Waals surface area contributed by atoms with Gasteiger partial charge in [0.1, 0.15) is 5.52 Å².